The van der Waals surface area contributed by atoms with E-state index in [9.17, 15) is 14.3 Å². The van der Waals surface area contributed by atoms with E-state index in [0.29, 0.717) is 25.2 Å². The summed E-state index contributed by atoms with van der Waals surface area (Å²) < 4.78 is 34.7. The molecule has 1 aliphatic rings. The summed E-state index contributed by atoms with van der Waals surface area (Å²) in [5.41, 5.74) is 1.59. The van der Waals surface area contributed by atoms with Gasteiger partial charge in [0.25, 0.3) is 0 Å². The Kier molecular flexibility index (Phi) is 11.5. The minimum absolute atomic E-state index is 0.153. The van der Waals surface area contributed by atoms with Crippen LogP contribution in [0.2, 0.25) is 0 Å². The average Bonchev–Trinajstić information content (AvgIpc) is 3.23. The lowest BCUT2D eigenvalue weighted by atomic mass is 9.96. The maximum Gasteiger partial charge on any atom is 0.472 e. The summed E-state index contributed by atoms with van der Waals surface area (Å²) in [6.45, 7) is 3.47. The van der Waals surface area contributed by atoms with E-state index in [2.05, 4.69) is 9.97 Å². The molecule has 3 rings (SSSR count). The van der Waals surface area contributed by atoms with Gasteiger partial charge in [-0.2, -0.15) is 0 Å². The molecule has 1 fully saturated rings. The Morgan fingerprint density at radius 3 is 2.76 bits per heavy atom. The molecule has 0 radical (unpaired) electrons. The fourth-order valence-electron chi connectivity index (χ4n) is 4.19. The molecule has 1 saturated heterocycles. The predicted octanol–water partition coefficient (Wildman–Crippen LogP) is 3.46. The van der Waals surface area contributed by atoms with E-state index in [1.165, 1.54) is 6.92 Å². The van der Waals surface area contributed by atoms with Crippen molar-refractivity contribution in [3.8, 4) is 0 Å². The number of phosphoric acid groups is 1. The number of unbranched alkanes of at least 4 members (excludes halogenated alkanes) is 1. The lowest BCUT2D eigenvalue weighted by Crippen LogP contribution is -2.32. The molecule has 0 saturated carbocycles. The van der Waals surface area contributed by atoms with Crippen molar-refractivity contribution in [3.63, 3.8) is 0 Å². The molecule has 0 spiro atoms. The normalized spacial score (nSPS) is 21.7. The van der Waals surface area contributed by atoms with Gasteiger partial charge in [0.15, 0.2) is 0 Å². The number of hydrogen-bond acceptors (Lipinski definition) is 9. The number of pyridine rings is 2. The molecule has 5 atom stereocenters. The molecule has 10 nitrogen and oxygen atoms in total. The zero-order valence-electron chi connectivity index (χ0n) is 22.4. The van der Waals surface area contributed by atoms with E-state index in [1.807, 2.05) is 75.3 Å². The number of ether oxygens (including phenoxy) is 2. The number of hydrogen-bond donors (Lipinski definition) is 1. The molecule has 206 valence electrons. The molecule has 2 aromatic heterocycles. The van der Waals surface area contributed by atoms with Crippen LogP contribution in [0.5, 0.6) is 0 Å². The zero-order chi connectivity index (χ0) is 27.5. The number of nitrogens with zero attached hydrogens (tertiary/aromatic N) is 3. The van der Waals surface area contributed by atoms with Gasteiger partial charge in [0, 0.05) is 39.1 Å². The second kappa shape index (κ2) is 14.6. The Bertz CT molecular complexity index is 1110. The predicted molar refractivity (Wildman–Crippen MR) is 148 cm³/mol. The maximum absolute atomic E-state index is 12.8. The lowest BCUT2D eigenvalue weighted by molar-refractivity contribution is -0.149. The Hall–Kier alpha value is -2.56. The summed E-state index contributed by atoms with van der Waals surface area (Å²) in [6.07, 6.45) is 6.55. The van der Waals surface area contributed by atoms with Crippen molar-refractivity contribution < 1.29 is 32.8 Å². The van der Waals surface area contributed by atoms with Crippen LogP contribution in [0.4, 0.5) is 5.82 Å². The topological polar surface area (TPSA) is 120 Å². The summed E-state index contributed by atoms with van der Waals surface area (Å²) in [6, 6.07) is 11.2. The lowest BCUT2D eigenvalue weighted by Gasteiger charge is -2.27. The number of phosphoric ester groups is 1. The molecule has 1 N–H and O–H groups in total. The summed E-state index contributed by atoms with van der Waals surface area (Å²) >= 11 is 0. The molecule has 2 aromatic rings. The number of anilines is 1. The Morgan fingerprint density at radius 1 is 1.29 bits per heavy atom. The van der Waals surface area contributed by atoms with E-state index >= 15 is 0 Å². The summed E-state index contributed by atoms with van der Waals surface area (Å²) in [7, 11) is -0.704. The van der Waals surface area contributed by atoms with Gasteiger partial charge in [-0.05, 0) is 42.8 Å². The average molecular weight is 545 g/mol. The van der Waals surface area contributed by atoms with Crippen LogP contribution >= 0.6 is 7.82 Å². The van der Waals surface area contributed by atoms with Crippen LogP contribution in [0.25, 0.3) is 12.2 Å². The summed E-state index contributed by atoms with van der Waals surface area (Å²) in [4.78, 5) is 32.7. The van der Waals surface area contributed by atoms with E-state index in [-0.39, 0.29) is 12.6 Å². The van der Waals surface area contributed by atoms with Crippen LogP contribution in [0, 0.1) is 0 Å². The minimum Gasteiger partial charge on any atom is -0.460 e. The molecule has 1 aliphatic heterocycles. The quantitative estimate of drug-likeness (QED) is 0.215. The van der Waals surface area contributed by atoms with Gasteiger partial charge < -0.3 is 19.3 Å². The Balaban J connectivity index is 1.61. The third kappa shape index (κ3) is 9.96. The van der Waals surface area contributed by atoms with E-state index in [4.69, 9.17) is 18.5 Å². The van der Waals surface area contributed by atoms with Gasteiger partial charge in [0.1, 0.15) is 25.9 Å². The molecular formula is C26H37BN3O7P. The van der Waals surface area contributed by atoms with Crippen LogP contribution in [-0.4, -0.2) is 73.2 Å². The highest BCUT2D eigenvalue weighted by Crippen LogP contribution is 2.46. The van der Waals surface area contributed by atoms with Crippen LogP contribution in [-0.2, 0) is 27.9 Å². The molecule has 0 aliphatic carbocycles. The third-order valence-corrected chi connectivity index (χ3v) is 7.04. The largest absolute Gasteiger partial charge is 0.472 e. The number of aromatic nitrogens is 2. The standard InChI is InChI=1S/C26H37BN3O7P/c1-4-5-11-22(37-38(32,33)34-18-24-23(35-19(2)31)16-25(27)36-24)17-30(3)26-12-8-10-21(29-26)14-13-20-9-6-7-15-28-20/h6-10,12-15,22-25H,4-5,11,16-18,27H2,1-3H3,(H,32,33)/b14-13+/t22?,23?,24-,25-/m1/s1. The molecule has 3 unspecified atom stereocenters. The van der Waals surface area contributed by atoms with Crippen LogP contribution in [0.15, 0.2) is 42.6 Å². The summed E-state index contributed by atoms with van der Waals surface area (Å²) in [5.74, 6) is 0.262. The van der Waals surface area contributed by atoms with Crippen molar-refractivity contribution in [2.75, 3.05) is 25.1 Å². The molecular weight excluding hydrogens is 508 g/mol. The molecule has 0 aromatic carbocycles. The highest BCUT2D eigenvalue weighted by Gasteiger charge is 2.38. The second-order valence-corrected chi connectivity index (χ2v) is 10.8. The van der Waals surface area contributed by atoms with E-state index < -0.39 is 32.1 Å². The fourth-order valence-corrected chi connectivity index (χ4v) is 5.13. The fraction of sp³-hybridized carbons (Fsp3) is 0.500. The number of rotatable bonds is 14. The van der Waals surface area contributed by atoms with Crippen molar-refractivity contribution in [1.29, 1.82) is 0 Å². The first-order chi connectivity index (χ1) is 18.1. The summed E-state index contributed by atoms with van der Waals surface area (Å²) in [5, 5.41) is 0. The van der Waals surface area contributed by atoms with Crippen molar-refractivity contribution in [2.24, 2.45) is 0 Å². The van der Waals surface area contributed by atoms with Gasteiger partial charge >= 0.3 is 13.8 Å². The SMILES string of the molecule is B[C@H]1CC(OC(C)=O)[C@@H](COP(=O)(O)OC(CCCC)CN(C)c2cccc(/C=C/c3ccccn3)n2)O1. The first-order valence-corrected chi connectivity index (χ1v) is 14.4. The highest BCUT2D eigenvalue weighted by atomic mass is 31.2. The van der Waals surface area contributed by atoms with Gasteiger partial charge in [0.05, 0.1) is 24.1 Å². The Morgan fingerprint density at radius 2 is 2.05 bits per heavy atom. The van der Waals surface area contributed by atoms with Gasteiger partial charge in [-0.3, -0.25) is 18.8 Å². The van der Waals surface area contributed by atoms with Gasteiger partial charge in [0.2, 0.25) is 0 Å². The number of likely N-dealkylation sites (N-methyl/N-ethyl adjacent to an activating group) is 1. The van der Waals surface area contributed by atoms with Crippen LogP contribution in [0.1, 0.15) is 50.9 Å². The van der Waals surface area contributed by atoms with Crippen molar-refractivity contribution >= 4 is 39.6 Å². The van der Waals surface area contributed by atoms with Crippen molar-refractivity contribution in [2.45, 2.75) is 63.8 Å². The molecule has 0 bridgehead atoms. The molecule has 38 heavy (non-hydrogen) atoms. The molecule has 12 heteroatoms. The minimum atomic E-state index is -4.41. The second-order valence-electron chi connectivity index (χ2n) is 9.39. The smallest absolute Gasteiger partial charge is 0.460 e. The van der Waals surface area contributed by atoms with Crippen molar-refractivity contribution in [3.05, 3.63) is 54.0 Å². The third-order valence-electron chi connectivity index (χ3n) is 6.00. The van der Waals surface area contributed by atoms with Crippen molar-refractivity contribution in [1.82, 2.24) is 9.97 Å². The van der Waals surface area contributed by atoms with Gasteiger partial charge in [-0.15, -0.1) is 0 Å². The monoisotopic (exact) mass is 545 g/mol. The van der Waals surface area contributed by atoms with E-state index in [1.54, 1.807) is 6.20 Å². The number of carbonyl (C=O) groups is 1. The van der Waals surface area contributed by atoms with E-state index in [0.717, 1.165) is 24.2 Å². The van der Waals surface area contributed by atoms with Crippen LogP contribution < -0.4 is 4.90 Å². The highest BCUT2D eigenvalue weighted by molar-refractivity contribution is 7.47. The van der Waals surface area contributed by atoms with Gasteiger partial charge in [-0.1, -0.05) is 31.9 Å². The number of carbonyl (C=O) groups excluding carboxylic acids is 1. The molecule has 0 amide bonds. The first kappa shape index (κ1) is 30.0. The zero-order valence-corrected chi connectivity index (χ0v) is 23.3. The molecule has 3 heterocycles. The number of esters is 1. The first-order valence-electron chi connectivity index (χ1n) is 12.9. The van der Waals surface area contributed by atoms with Crippen LogP contribution in [0.3, 0.4) is 0 Å². The Labute approximate surface area is 225 Å². The van der Waals surface area contributed by atoms with Gasteiger partial charge in [-0.25, -0.2) is 9.55 Å². The maximum atomic E-state index is 12.8.